The van der Waals surface area contributed by atoms with Crippen LogP contribution in [0.4, 0.5) is 0 Å². The van der Waals surface area contributed by atoms with Crippen molar-refractivity contribution < 1.29 is 14.3 Å². The van der Waals surface area contributed by atoms with E-state index in [0.29, 0.717) is 4.88 Å². The summed E-state index contributed by atoms with van der Waals surface area (Å²) in [5, 5.41) is 0.813. The quantitative estimate of drug-likeness (QED) is 0.600. The number of Topliss-reactive ketones (excluding diaryl/α,β-unsaturated/α-hetero) is 1. The molecule has 0 spiro atoms. The maximum Gasteiger partial charge on any atom is 0.358 e. The van der Waals surface area contributed by atoms with E-state index in [2.05, 4.69) is 9.72 Å². The second kappa shape index (κ2) is 5.21. The van der Waals surface area contributed by atoms with E-state index >= 15 is 0 Å². The molecule has 5 heteroatoms. The van der Waals surface area contributed by atoms with E-state index in [1.807, 2.05) is 13.8 Å². The van der Waals surface area contributed by atoms with Crippen molar-refractivity contribution in [3.8, 4) is 0 Å². The van der Waals surface area contributed by atoms with E-state index in [4.69, 9.17) is 0 Å². The smallest absolute Gasteiger partial charge is 0.358 e. The SMILES string of the molecule is CCC(C)c1nc(C(=O)OC)c(C(C)=O)s1. The summed E-state index contributed by atoms with van der Waals surface area (Å²) in [5.74, 6) is -0.440. The average molecular weight is 241 g/mol. The molecule has 0 saturated heterocycles. The monoisotopic (exact) mass is 241 g/mol. The highest BCUT2D eigenvalue weighted by atomic mass is 32.1. The Morgan fingerprint density at radius 3 is 2.56 bits per heavy atom. The van der Waals surface area contributed by atoms with Crippen molar-refractivity contribution in [3.63, 3.8) is 0 Å². The molecular weight excluding hydrogens is 226 g/mol. The number of carbonyl (C=O) groups is 2. The Morgan fingerprint density at radius 1 is 1.50 bits per heavy atom. The minimum absolute atomic E-state index is 0.146. The molecule has 0 aliphatic carbocycles. The fourth-order valence-electron chi connectivity index (χ4n) is 1.20. The van der Waals surface area contributed by atoms with Crippen LogP contribution in [0.15, 0.2) is 0 Å². The molecule has 0 radical (unpaired) electrons. The van der Waals surface area contributed by atoms with Crippen LogP contribution in [0.5, 0.6) is 0 Å². The molecule has 0 saturated carbocycles. The lowest BCUT2D eigenvalue weighted by molar-refractivity contribution is 0.0591. The predicted molar refractivity (Wildman–Crippen MR) is 62.2 cm³/mol. The Morgan fingerprint density at radius 2 is 2.12 bits per heavy atom. The van der Waals surface area contributed by atoms with Gasteiger partial charge < -0.3 is 4.74 Å². The largest absolute Gasteiger partial charge is 0.464 e. The van der Waals surface area contributed by atoms with Gasteiger partial charge in [0.2, 0.25) is 0 Å². The first-order valence-electron chi connectivity index (χ1n) is 5.11. The number of methoxy groups -OCH3 is 1. The molecule has 1 aromatic heterocycles. The number of nitrogens with zero attached hydrogens (tertiary/aromatic N) is 1. The average Bonchev–Trinajstić information content (AvgIpc) is 2.71. The lowest BCUT2D eigenvalue weighted by Gasteiger charge is -2.01. The van der Waals surface area contributed by atoms with Gasteiger partial charge in [-0.15, -0.1) is 11.3 Å². The standard InChI is InChI=1S/C11H15NO3S/c1-5-6(2)10-12-8(11(14)15-4)9(16-10)7(3)13/h6H,5H2,1-4H3. The maximum absolute atomic E-state index is 11.4. The molecule has 4 nitrogen and oxygen atoms in total. The van der Waals surface area contributed by atoms with Crippen LogP contribution in [0.25, 0.3) is 0 Å². The molecule has 88 valence electrons. The van der Waals surface area contributed by atoms with Crippen molar-refractivity contribution in [3.05, 3.63) is 15.6 Å². The normalized spacial score (nSPS) is 12.2. The van der Waals surface area contributed by atoms with Crippen LogP contribution in [0, 0.1) is 0 Å². The summed E-state index contributed by atoms with van der Waals surface area (Å²) in [6.45, 7) is 5.49. The number of aromatic nitrogens is 1. The van der Waals surface area contributed by atoms with Gasteiger partial charge in [0.25, 0.3) is 0 Å². The van der Waals surface area contributed by atoms with Crippen LogP contribution in [0.2, 0.25) is 0 Å². The summed E-state index contributed by atoms with van der Waals surface area (Å²) in [6.07, 6.45) is 0.922. The molecule has 0 aromatic carbocycles. The number of thiazole rings is 1. The summed E-state index contributed by atoms with van der Waals surface area (Å²) in [4.78, 5) is 27.4. The Labute approximate surface area is 98.6 Å². The van der Waals surface area contributed by atoms with Crippen molar-refractivity contribution in [1.82, 2.24) is 4.98 Å². The molecule has 0 bridgehead atoms. The Bertz CT molecular complexity index is 411. The molecule has 0 amide bonds. The fraction of sp³-hybridized carbons (Fsp3) is 0.545. The minimum atomic E-state index is -0.545. The zero-order chi connectivity index (χ0) is 12.3. The number of hydrogen-bond acceptors (Lipinski definition) is 5. The van der Waals surface area contributed by atoms with Gasteiger partial charge in [-0.3, -0.25) is 4.79 Å². The molecule has 0 aliphatic rings. The number of ether oxygens (including phenoxy) is 1. The maximum atomic E-state index is 11.4. The summed E-state index contributed by atoms with van der Waals surface area (Å²) in [6, 6.07) is 0. The Hall–Kier alpha value is -1.23. The third-order valence-corrected chi connectivity index (χ3v) is 3.76. The highest BCUT2D eigenvalue weighted by molar-refractivity contribution is 7.14. The van der Waals surface area contributed by atoms with Crippen LogP contribution in [0.3, 0.4) is 0 Å². The van der Waals surface area contributed by atoms with Crippen LogP contribution in [0.1, 0.15) is 58.3 Å². The van der Waals surface area contributed by atoms with Crippen molar-refractivity contribution >= 4 is 23.1 Å². The van der Waals surface area contributed by atoms with Gasteiger partial charge in [0, 0.05) is 12.8 Å². The molecular formula is C11H15NO3S. The van der Waals surface area contributed by atoms with Gasteiger partial charge in [0.05, 0.1) is 12.1 Å². The van der Waals surface area contributed by atoms with Gasteiger partial charge in [-0.1, -0.05) is 13.8 Å². The van der Waals surface area contributed by atoms with Gasteiger partial charge in [0.1, 0.15) is 4.88 Å². The van der Waals surface area contributed by atoms with Gasteiger partial charge in [-0.2, -0.15) is 0 Å². The molecule has 1 atom stereocenters. The van der Waals surface area contributed by atoms with Gasteiger partial charge in [-0.25, -0.2) is 9.78 Å². The zero-order valence-corrected chi connectivity index (χ0v) is 10.7. The molecule has 1 aromatic rings. The lowest BCUT2D eigenvalue weighted by Crippen LogP contribution is -2.07. The van der Waals surface area contributed by atoms with Crippen LogP contribution >= 0.6 is 11.3 Å². The Kier molecular flexibility index (Phi) is 4.18. The third kappa shape index (κ3) is 2.47. The number of hydrogen-bond donors (Lipinski definition) is 0. The second-order valence-electron chi connectivity index (χ2n) is 3.59. The van der Waals surface area contributed by atoms with Crippen molar-refractivity contribution in [2.24, 2.45) is 0 Å². The first-order valence-corrected chi connectivity index (χ1v) is 5.92. The molecule has 1 rings (SSSR count). The minimum Gasteiger partial charge on any atom is -0.464 e. The van der Waals surface area contributed by atoms with Crippen LogP contribution in [-0.2, 0) is 4.74 Å². The van der Waals surface area contributed by atoms with Crippen molar-refractivity contribution in [2.75, 3.05) is 7.11 Å². The first kappa shape index (κ1) is 12.8. The van der Waals surface area contributed by atoms with E-state index in [-0.39, 0.29) is 17.4 Å². The van der Waals surface area contributed by atoms with Crippen LogP contribution in [-0.4, -0.2) is 23.8 Å². The lowest BCUT2D eigenvalue weighted by atomic mass is 10.1. The molecule has 0 fully saturated rings. The molecule has 0 N–H and O–H groups in total. The van der Waals surface area contributed by atoms with E-state index in [1.54, 1.807) is 0 Å². The summed E-state index contributed by atoms with van der Waals surface area (Å²) < 4.78 is 4.61. The topological polar surface area (TPSA) is 56.3 Å². The fourth-order valence-corrected chi connectivity index (χ4v) is 2.28. The van der Waals surface area contributed by atoms with E-state index in [9.17, 15) is 9.59 Å². The van der Waals surface area contributed by atoms with E-state index in [1.165, 1.54) is 25.4 Å². The van der Waals surface area contributed by atoms with Gasteiger partial charge in [0.15, 0.2) is 11.5 Å². The number of ketones is 1. The number of carbonyl (C=O) groups excluding carboxylic acids is 2. The summed E-state index contributed by atoms with van der Waals surface area (Å²) in [5.41, 5.74) is 0.148. The number of rotatable bonds is 4. The zero-order valence-electron chi connectivity index (χ0n) is 9.86. The van der Waals surface area contributed by atoms with Gasteiger partial charge in [-0.05, 0) is 6.42 Å². The summed E-state index contributed by atoms with van der Waals surface area (Å²) in [7, 11) is 1.29. The molecule has 1 heterocycles. The highest BCUT2D eigenvalue weighted by Gasteiger charge is 2.23. The number of esters is 1. The Balaban J connectivity index is 3.20. The predicted octanol–water partition coefficient (Wildman–Crippen LogP) is 2.65. The highest BCUT2D eigenvalue weighted by Crippen LogP contribution is 2.27. The first-order chi connectivity index (χ1) is 7.51. The molecule has 1 unspecified atom stereocenters. The molecule has 16 heavy (non-hydrogen) atoms. The van der Waals surface area contributed by atoms with E-state index in [0.717, 1.165) is 11.4 Å². The summed E-state index contributed by atoms with van der Waals surface area (Å²) >= 11 is 1.28. The van der Waals surface area contributed by atoms with Gasteiger partial charge >= 0.3 is 5.97 Å². The second-order valence-corrected chi connectivity index (χ2v) is 4.62. The van der Waals surface area contributed by atoms with Crippen molar-refractivity contribution in [1.29, 1.82) is 0 Å². The molecule has 0 aliphatic heterocycles. The van der Waals surface area contributed by atoms with Crippen LogP contribution < -0.4 is 0 Å². The van der Waals surface area contributed by atoms with E-state index < -0.39 is 5.97 Å². The van der Waals surface area contributed by atoms with Crippen molar-refractivity contribution in [2.45, 2.75) is 33.1 Å². The third-order valence-electron chi connectivity index (χ3n) is 2.38.